The van der Waals surface area contributed by atoms with Gasteiger partial charge >= 0.3 is 11.9 Å². The quantitative estimate of drug-likeness (QED) is 0.562. The highest BCUT2D eigenvalue weighted by atomic mass is 16.5. The second kappa shape index (κ2) is 9.00. The van der Waals surface area contributed by atoms with Crippen LogP contribution in [-0.2, 0) is 14.3 Å². The highest BCUT2D eigenvalue weighted by molar-refractivity contribution is 5.80. The van der Waals surface area contributed by atoms with Crippen LogP contribution in [0.3, 0.4) is 0 Å². The molecular formula is C15H26O6. The first-order chi connectivity index (χ1) is 9.97. The van der Waals surface area contributed by atoms with Crippen LogP contribution in [0.15, 0.2) is 0 Å². The molecule has 0 heterocycles. The molecular weight excluding hydrogens is 276 g/mol. The van der Waals surface area contributed by atoms with Gasteiger partial charge in [-0.2, -0.15) is 0 Å². The van der Waals surface area contributed by atoms with Gasteiger partial charge in [-0.3, -0.25) is 9.59 Å². The SMILES string of the molecule is CCCCCCCO[C@@H]1C[C@H](C(=O)O)[C@H](C(=O)O)C[C@H]1O. The van der Waals surface area contributed by atoms with E-state index in [0.29, 0.717) is 6.61 Å². The highest BCUT2D eigenvalue weighted by Gasteiger charge is 2.44. The third kappa shape index (κ3) is 5.63. The maximum absolute atomic E-state index is 11.2. The Bertz CT molecular complexity index is 343. The predicted octanol–water partition coefficient (Wildman–Crippen LogP) is 1.90. The lowest BCUT2D eigenvalue weighted by Gasteiger charge is -2.35. The van der Waals surface area contributed by atoms with E-state index in [1.807, 2.05) is 0 Å². The maximum Gasteiger partial charge on any atom is 0.307 e. The van der Waals surface area contributed by atoms with E-state index in [1.54, 1.807) is 0 Å². The average molecular weight is 302 g/mol. The summed E-state index contributed by atoms with van der Waals surface area (Å²) in [5.74, 6) is -4.33. The predicted molar refractivity (Wildman–Crippen MR) is 76.0 cm³/mol. The Morgan fingerprint density at radius 3 is 2.14 bits per heavy atom. The smallest absolute Gasteiger partial charge is 0.307 e. The number of carboxylic acids is 2. The minimum atomic E-state index is -1.17. The molecule has 0 amide bonds. The van der Waals surface area contributed by atoms with Gasteiger partial charge in [-0.15, -0.1) is 0 Å². The fourth-order valence-electron chi connectivity index (χ4n) is 2.81. The summed E-state index contributed by atoms with van der Waals surface area (Å²) in [6, 6.07) is 0. The highest BCUT2D eigenvalue weighted by Crippen LogP contribution is 2.32. The van der Waals surface area contributed by atoms with Crippen LogP contribution in [0.4, 0.5) is 0 Å². The van der Waals surface area contributed by atoms with Crippen LogP contribution in [0.1, 0.15) is 51.9 Å². The molecule has 6 nitrogen and oxygen atoms in total. The molecule has 21 heavy (non-hydrogen) atoms. The van der Waals surface area contributed by atoms with Crippen LogP contribution in [0.5, 0.6) is 0 Å². The van der Waals surface area contributed by atoms with Gasteiger partial charge in [-0.1, -0.05) is 32.6 Å². The minimum absolute atomic E-state index is 0.0580. The van der Waals surface area contributed by atoms with E-state index in [0.717, 1.165) is 19.3 Å². The van der Waals surface area contributed by atoms with E-state index in [1.165, 1.54) is 12.8 Å². The number of rotatable bonds is 9. The van der Waals surface area contributed by atoms with Gasteiger partial charge in [0.15, 0.2) is 0 Å². The van der Waals surface area contributed by atoms with Crippen LogP contribution in [0.2, 0.25) is 0 Å². The van der Waals surface area contributed by atoms with Crippen molar-refractivity contribution in [2.75, 3.05) is 6.61 Å². The van der Waals surface area contributed by atoms with Gasteiger partial charge in [-0.25, -0.2) is 0 Å². The van der Waals surface area contributed by atoms with Gasteiger partial charge in [0, 0.05) is 6.61 Å². The number of aliphatic carboxylic acids is 2. The summed E-state index contributed by atoms with van der Waals surface area (Å²) in [7, 11) is 0. The van der Waals surface area contributed by atoms with Crippen LogP contribution >= 0.6 is 0 Å². The van der Waals surface area contributed by atoms with Crippen molar-refractivity contribution in [3.8, 4) is 0 Å². The van der Waals surface area contributed by atoms with Crippen molar-refractivity contribution in [2.45, 2.75) is 64.1 Å². The number of hydrogen-bond donors (Lipinski definition) is 3. The summed E-state index contributed by atoms with van der Waals surface area (Å²) in [5.41, 5.74) is 0. The van der Waals surface area contributed by atoms with Gasteiger partial charge in [-0.05, 0) is 19.3 Å². The van der Waals surface area contributed by atoms with Crippen molar-refractivity contribution in [2.24, 2.45) is 11.8 Å². The Morgan fingerprint density at radius 2 is 1.57 bits per heavy atom. The van der Waals surface area contributed by atoms with Crippen molar-refractivity contribution in [1.82, 2.24) is 0 Å². The monoisotopic (exact) mass is 302 g/mol. The number of carboxylic acid groups (broad SMARTS) is 2. The molecule has 0 unspecified atom stereocenters. The fourth-order valence-corrected chi connectivity index (χ4v) is 2.81. The second-order valence-corrected chi connectivity index (χ2v) is 5.75. The van der Waals surface area contributed by atoms with Gasteiger partial charge in [0.05, 0.1) is 24.0 Å². The summed E-state index contributed by atoms with van der Waals surface area (Å²) < 4.78 is 5.58. The summed E-state index contributed by atoms with van der Waals surface area (Å²) in [6.45, 7) is 2.62. The molecule has 3 N–H and O–H groups in total. The molecule has 1 fully saturated rings. The van der Waals surface area contributed by atoms with Crippen molar-refractivity contribution in [3.63, 3.8) is 0 Å². The molecule has 0 aromatic heterocycles. The number of hydrogen-bond acceptors (Lipinski definition) is 4. The molecule has 0 aromatic rings. The third-order valence-electron chi connectivity index (χ3n) is 4.11. The summed E-state index contributed by atoms with van der Waals surface area (Å²) in [4.78, 5) is 22.2. The van der Waals surface area contributed by atoms with Crippen LogP contribution in [0.25, 0.3) is 0 Å². The molecule has 0 saturated heterocycles. The molecule has 0 bridgehead atoms. The molecule has 1 aliphatic rings. The van der Waals surface area contributed by atoms with E-state index in [9.17, 15) is 14.7 Å². The molecule has 4 atom stereocenters. The van der Waals surface area contributed by atoms with E-state index < -0.39 is 36.0 Å². The van der Waals surface area contributed by atoms with Crippen LogP contribution in [-0.4, -0.2) is 46.1 Å². The zero-order chi connectivity index (χ0) is 15.8. The zero-order valence-electron chi connectivity index (χ0n) is 12.5. The average Bonchev–Trinajstić information content (AvgIpc) is 2.43. The largest absolute Gasteiger partial charge is 0.481 e. The molecule has 122 valence electrons. The Balaban J connectivity index is 2.41. The number of aliphatic hydroxyl groups excluding tert-OH is 1. The lowest BCUT2D eigenvalue weighted by molar-refractivity contribution is -0.165. The molecule has 1 rings (SSSR count). The number of carbonyl (C=O) groups is 2. The standard InChI is InChI=1S/C15H26O6/c1-2-3-4-5-6-7-21-13-9-11(15(19)20)10(14(17)18)8-12(13)16/h10-13,16H,2-9H2,1H3,(H,17,18)(H,19,20)/t10-,11+,12-,13-/m1/s1. The minimum Gasteiger partial charge on any atom is -0.481 e. The topological polar surface area (TPSA) is 104 Å². The Kier molecular flexibility index (Phi) is 7.67. The van der Waals surface area contributed by atoms with Gasteiger partial charge in [0.1, 0.15) is 0 Å². The lowest BCUT2D eigenvalue weighted by Crippen LogP contribution is -2.46. The molecule has 6 heteroatoms. The lowest BCUT2D eigenvalue weighted by atomic mass is 9.76. The molecule has 0 spiro atoms. The zero-order valence-corrected chi connectivity index (χ0v) is 12.5. The number of ether oxygens (including phenoxy) is 1. The van der Waals surface area contributed by atoms with Crippen molar-refractivity contribution < 1.29 is 29.6 Å². The van der Waals surface area contributed by atoms with Crippen molar-refractivity contribution in [3.05, 3.63) is 0 Å². The molecule has 0 radical (unpaired) electrons. The Labute approximate surface area is 125 Å². The third-order valence-corrected chi connectivity index (χ3v) is 4.11. The van der Waals surface area contributed by atoms with Crippen LogP contribution in [0, 0.1) is 11.8 Å². The van der Waals surface area contributed by atoms with E-state index >= 15 is 0 Å². The molecule has 0 aliphatic heterocycles. The first kappa shape index (κ1) is 17.9. The Morgan fingerprint density at radius 1 is 1.00 bits per heavy atom. The molecule has 1 aliphatic carbocycles. The number of unbranched alkanes of at least 4 members (excludes halogenated alkanes) is 4. The molecule has 1 saturated carbocycles. The van der Waals surface area contributed by atoms with E-state index in [-0.39, 0.29) is 12.8 Å². The molecule has 0 aromatic carbocycles. The maximum atomic E-state index is 11.2. The van der Waals surface area contributed by atoms with E-state index in [2.05, 4.69) is 6.92 Å². The van der Waals surface area contributed by atoms with E-state index in [4.69, 9.17) is 14.9 Å². The first-order valence-electron chi connectivity index (χ1n) is 7.72. The summed E-state index contributed by atoms with van der Waals surface area (Å²) in [6.07, 6.45) is 3.94. The second-order valence-electron chi connectivity index (χ2n) is 5.75. The van der Waals surface area contributed by atoms with Crippen molar-refractivity contribution >= 4 is 11.9 Å². The van der Waals surface area contributed by atoms with Crippen LogP contribution < -0.4 is 0 Å². The van der Waals surface area contributed by atoms with Crippen molar-refractivity contribution in [1.29, 1.82) is 0 Å². The summed E-state index contributed by atoms with van der Waals surface area (Å²) >= 11 is 0. The Hall–Kier alpha value is -1.14. The number of aliphatic hydroxyl groups is 1. The van der Waals surface area contributed by atoms with Gasteiger partial charge in [0.2, 0.25) is 0 Å². The van der Waals surface area contributed by atoms with Gasteiger partial charge < -0.3 is 20.1 Å². The summed E-state index contributed by atoms with van der Waals surface area (Å²) in [5, 5.41) is 28.1. The normalized spacial score (nSPS) is 29.2. The fraction of sp³-hybridized carbons (Fsp3) is 0.867. The van der Waals surface area contributed by atoms with Gasteiger partial charge in [0.25, 0.3) is 0 Å². The first-order valence-corrected chi connectivity index (χ1v) is 7.72.